The molecule has 0 aliphatic carbocycles. The minimum absolute atomic E-state index is 0.0187. The Bertz CT molecular complexity index is 1640. The van der Waals surface area contributed by atoms with Crippen molar-refractivity contribution in [3.8, 4) is 17.1 Å². The molecule has 1 N–H and O–H groups in total. The first-order valence-corrected chi connectivity index (χ1v) is 13.8. The number of amides is 1. The minimum atomic E-state index is -4.56. The summed E-state index contributed by atoms with van der Waals surface area (Å²) >= 11 is 8.01. The van der Waals surface area contributed by atoms with E-state index in [1.807, 2.05) is 30.3 Å². The summed E-state index contributed by atoms with van der Waals surface area (Å²) in [4.78, 5) is 17.5. The lowest BCUT2D eigenvalue weighted by Crippen LogP contribution is -2.14. The maximum Gasteiger partial charge on any atom is 0.417 e. The van der Waals surface area contributed by atoms with E-state index in [1.54, 1.807) is 16.7 Å². The van der Waals surface area contributed by atoms with Crippen LogP contribution < -0.4 is 5.32 Å². The summed E-state index contributed by atoms with van der Waals surface area (Å²) in [5.41, 5.74) is 0.955. The van der Waals surface area contributed by atoms with Crippen molar-refractivity contribution in [2.45, 2.75) is 17.8 Å². The SMILES string of the molecule is O=C(CSc1nnc(-c2ccccc2)n1-c1ccc(F)cc1)Nc1ncc(Cc2ccc(Cl)c(C(F)(F)F)c2)s1. The zero-order valence-electron chi connectivity index (χ0n) is 20.3. The molecular weight excluding hydrogens is 586 g/mol. The lowest BCUT2D eigenvalue weighted by molar-refractivity contribution is -0.137. The Labute approximate surface area is 239 Å². The van der Waals surface area contributed by atoms with Gasteiger partial charge < -0.3 is 5.32 Å². The molecule has 2 heterocycles. The Kier molecular flexibility index (Phi) is 8.19. The molecule has 0 atom stereocenters. The van der Waals surface area contributed by atoms with Gasteiger partial charge in [-0.25, -0.2) is 9.37 Å². The van der Waals surface area contributed by atoms with Gasteiger partial charge in [-0.2, -0.15) is 13.2 Å². The second kappa shape index (κ2) is 11.8. The van der Waals surface area contributed by atoms with Crippen LogP contribution in [-0.4, -0.2) is 31.4 Å². The number of thioether (sulfide) groups is 1. The van der Waals surface area contributed by atoms with Gasteiger partial charge in [-0.05, 0) is 42.0 Å². The Morgan fingerprint density at radius 2 is 1.77 bits per heavy atom. The predicted octanol–water partition coefficient (Wildman–Crippen LogP) is 7.52. The van der Waals surface area contributed by atoms with Crippen molar-refractivity contribution in [1.29, 1.82) is 0 Å². The molecule has 204 valence electrons. The first kappa shape index (κ1) is 27.8. The standard InChI is InChI=1S/C27H18ClF4N5OS2/c28-22-11-6-16(13-21(22)27(30,31)32)12-20-14-33-25(40-20)34-23(38)15-39-26-36-35-24(17-4-2-1-3-5-17)37(26)19-9-7-18(29)8-10-19/h1-11,13-14H,12,15H2,(H,33,34,38). The second-order valence-electron chi connectivity index (χ2n) is 8.44. The molecule has 0 unspecified atom stereocenters. The quantitative estimate of drug-likeness (QED) is 0.147. The molecule has 1 amide bonds. The Morgan fingerprint density at radius 3 is 2.50 bits per heavy atom. The first-order chi connectivity index (χ1) is 19.2. The molecule has 5 rings (SSSR count). The number of alkyl halides is 3. The number of benzene rings is 3. The summed E-state index contributed by atoms with van der Waals surface area (Å²) in [5.74, 6) is -0.219. The lowest BCUT2D eigenvalue weighted by atomic mass is 10.1. The average Bonchev–Trinajstić information content (AvgIpc) is 3.55. The molecule has 0 fully saturated rings. The third kappa shape index (κ3) is 6.52. The van der Waals surface area contributed by atoms with Crippen LogP contribution in [0.4, 0.5) is 22.7 Å². The smallest absolute Gasteiger partial charge is 0.301 e. The molecule has 0 bridgehead atoms. The molecule has 0 saturated heterocycles. The topological polar surface area (TPSA) is 72.7 Å². The Hall–Kier alpha value is -3.74. The van der Waals surface area contributed by atoms with Crippen LogP contribution in [0.2, 0.25) is 5.02 Å². The number of halogens is 5. The predicted molar refractivity (Wildman–Crippen MR) is 147 cm³/mol. The van der Waals surface area contributed by atoms with E-state index in [4.69, 9.17) is 11.6 Å². The van der Waals surface area contributed by atoms with Gasteiger partial charge in [-0.15, -0.1) is 21.5 Å². The number of carbonyl (C=O) groups excluding carboxylic acids is 1. The van der Waals surface area contributed by atoms with E-state index in [0.717, 1.165) is 34.7 Å². The van der Waals surface area contributed by atoms with Crippen molar-refractivity contribution in [3.05, 3.63) is 106 Å². The van der Waals surface area contributed by atoms with Gasteiger partial charge in [0.05, 0.1) is 16.3 Å². The normalized spacial score (nSPS) is 11.5. The number of hydrogen-bond donors (Lipinski definition) is 1. The molecule has 0 spiro atoms. The number of anilines is 1. The average molecular weight is 604 g/mol. The van der Waals surface area contributed by atoms with Crippen molar-refractivity contribution in [2.75, 3.05) is 11.1 Å². The van der Waals surface area contributed by atoms with Crippen LogP contribution in [-0.2, 0) is 17.4 Å². The lowest BCUT2D eigenvalue weighted by Gasteiger charge is -2.10. The molecule has 3 aromatic carbocycles. The highest BCUT2D eigenvalue weighted by molar-refractivity contribution is 7.99. The molecule has 40 heavy (non-hydrogen) atoms. The van der Waals surface area contributed by atoms with E-state index < -0.39 is 11.7 Å². The van der Waals surface area contributed by atoms with Crippen LogP contribution in [0.25, 0.3) is 17.1 Å². The fourth-order valence-electron chi connectivity index (χ4n) is 3.79. The summed E-state index contributed by atoms with van der Waals surface area (Å²) in [6, 6.07) is 19.0. The largest absolute Gasteiger partial charge is 0.417 e. The summed E-state index contributed by atoms with van der Waals surface area (Å²) in [6.45, 7) is 0. The monoisotopic (exact) mass is 603 g/mol. The van der Waals surface area contributed by atoms with Gasteiger partial charge in [0, 0.05) is 28.7 Å². The third-order valence-electron chi connectivity index (χ3n) is 5.60. The maximum absolute atomic E-state index is 13.6. The zero-order chi connectivity index (χ0) is 28.3. The van der Waals surface area contributed by atoms with Crippen molar-refractivity contribution in [3.63, 3.8) is 0 Å². The number of carbonyl (C=O) groups is 1. The van der Waals surface area contributed by atoms with Crippen molar-refractivity contribution in [1.82, 2.24) is 19.7 Å². The highest BCUT2D eigenvalue weighted by Crippen LogP contribution is 2.36. The van der Waals surface area contributed by atoms with Gasteiger partial charge in [-0.1, -0.05) is 59.8 Å². The van der Waals surface area contributed by atoms with Crippen LogP contribution >= 0.6 is 34.7 Å². The number of aromatic nitrogens is 4. The van der Waals surface area contributed by atoms with Gasteiger partial charge in [-0.3, -0.25) is 9.36 Å². The fourth-order valence-corrected chi connectivity index (χ4v) is 5.63. The minimum Gasteiger partial charge on any atom is -0.301 e. The van der Waals surface area contributed by atoms with Gasteiger partial charge in [0.1, 0.15) is 5.82 Å². The molecule has 6 nitrogen and oxygen atoms in total. The van der Waals surface area contributed by atoms with E-state index in [2.05, 4.69) is 20.5 Å². The third-order valence-corrected chi connectivity index (χ3v) is 7.77. The summed E-state index contributed by atoms with van der Waals surface area (Å²) in [7, 11) is 0. The van der Waals surface area contributed by atoms with E-state index in [-0.39, 0.29) is 28.9 Å². The van der Waals surface area contributed by atoms with Crippen LogP contribution in [0.1, 0.15) is 16.0 Å². The van der Waals surface area contributed by atoms with Gasteiger partial charge >= 0.3 is 6.18 Å². The van der Waals surface area contributed by atoms with E-state index >= 15 is 0 Å². The van der Waals surface area contributed by atoms with Crippen LogP contribution in [0.15, 0.2) is 84.1 Å². The molecule has 0 saturated carbocycles. The number of nitrogens with zero attached hydrogens (tertiary/aromatic N) is 4. The number of hydrogen-bond acceptors (Lipinski definition) is 6. The van der Waals surface area contributed by atoms with E-state index in [1.165, 1.54) is 30.5 Å². The molecule has 0 aliphatic rings. The van der Waals surface area contributed by atoms with Crippen LogP contribution in [0, 0.1) is 5.82 Å². The molecule has 5 aromatic rings. The first-order valence-electron chi connectivity index (χ1n) is 11.7. The second-order valence-corrected chi connectivity index (χ2v) is 10.9. The maximum atomic E-state index is 13.6. The van der Waals surface area contributed by atoms with Crippen molar-refractivity contribution in [2.24, 2.45) is 0 Å². The Balaban J connectivity index is 1.27. The van der Waals surface area contributed by atoms with Crippen molar-refractivity contribution < 1.29 is 22.4 Å². The molecule has 2 aromatic heterocycles. The molecule has 13 heteroatoms. The number of nitrogens with one attached hydrogen (secondary N) is 1. The van der Waals surface area contributed by atoms with Gasteiger partial charge in [0.25, 0.3) is 0 Å². The van der Waals surface area contributed by atoms with Gasteiger partial charge in [0.15, 0.2) is 16.1 Å². The fraction of sp³-hybridized carbons (Fsp3) is 0.111. The zero-order valence-corrected chi connectivity index (χ0v) is 22.7. The number of thiazole rings is 1. The molecule has 0 radical (unpaired) electrons. The molecule has 0 aliphatic heterocycles. The van der Waals surface area contributed by atoms with Gasteiger partial charge in [0.2, 0.25) is 5.91 Å². The summed E-state index contributed by atoms with van der Waals surface area (Å²) < 4.78 is 54.8. The summed E-state index contributed by atoms with van der Waals surface area (Å²) in [6.07, 6.45) is -2.85. The van der Waals surface area contributed by atoms with E-state index in [0.29, 0.717) is 32.2 Å². The van der Waals surface area contributed by atoms with Crippen LogP contribution in [0.5, 0.6) is 0 Å². The van der Waals surface area contributed by atoms with Crippen LogP contribution in [0.3, 0.4) is 0 Å². The molecular formula is C27H18ClF4N5OS2. The van der Waals surface area contributed by atoms with E-state index in [9.17, 15) is 22.4 Å². The highest BCUT2D eigenvalue weighted by atomic mass is 35.5. The van der Waals surface area contributed by atoms with Crippen molar-refractivity contribution >= 4 is 45.7 Å². The Morgan fingerprint density at radius 1 is 1.02 bits per heavy atom. The number of rotatable bonds is 8. The highest BCUT2D eigenvalue weighted by Gasteiger charge is 2.33. The summed E-state index contributed by atoms with van der Waals surface area (Å²) in [5, 5.41) is 11.6.